The fourth-order valence-electron chi connectivity index (χ4n) is 3.62. The molecule has 0 saturated heterocycles. The molecule has 1 aliphatic rings. The number of halogens is 4. The van der Waals surface area contributed by atoms with Crippen LogP contribution in [0.2, 0.25) is 5.02 Å². The van der Waals surface area contributed by atoms with E-state index in [9.17, 15) is 22.8 Å². The van der Waals surface area contributed by atoms with Gasteiger partial charge in [0.15, 0.2) is 0 Å². The topological polar surface area (TPSA) is 151 Å². The van der Waals surface area contributed by atoms with Gasteiger partial charge in [0.25, 0.3) is 0 Å². The molecule has 1 aromatic heterocycles. The molecule has 0 unspecified atom stereocenters. The van der Waals surface area contributed by atoms with Gasteiger partial charge in [0.05, 0.1) is 27.5 Å². The number of hydrogen-bond acceptors (Lipinski definition) is 6. The Hall–Kier alpha value is -4.10. The SMILES string of the molecule is C/C(C(N)=O)=C(/N)c1c(-c2cccc(NC(=O)Nc3ccc(Cl)c(C(F)(F)F)c3)c2)[nH]c(NC2CC2)nc1=S. The number of H-pyrrole nitrogens is 1. The van der Waals surface area contributed by atoms with Gasteiger partial charge < -0.3 is 32.4 Å². The number of alkyl halides is 3. The van der Waals surface area contributed by atoms with Crippen LogP contribution in [-0.2, 0) is 11.0 Å². The van der Waals surface area contributed by atoms with E-state index in [1.54, 1.807) is 24.3 Å². The molecule has 1 saturated carbocycles. The van der Waals surface area contributed by atoms with Gasteiger partial charge in [0.2, 0.25) is 11.9 Å². The van der Waals surface area contributed by atoms with Crippen molar-refractivity contribution >= 4 is 58.8 Å². The Morgan fingerprint density at radius 1 is 1.10 bits per heavy atom. The van der Waals surface area contributed by atoms with Crippen LogP contribution in [0.25, 0.3) is 17.0 Å². The van der Waals surface area contributed by atoms with Crippen LogP contribution in [0.3, 0.4) is 0 Å². The summed E-state index contributed by atoms with van der Waals surface area (Å²) in [6.45, 7) is 1.47. The average molecular weight is 578 g/mol. The Morgan fingerprint density at radius 3 is 2.38 bits per heavy atom. The summed E-state index contributed by atoms with van der Waals surface area (Å²) in [7, 11) is 0. The van der Waals surface area contributed by atoms with E-state index in [0.29, 0.717) is 22.9 Å². The first kappa shape index (κ1) is 27.9. The molecule has 1 aliphatic carbocycles. The smallest absolute Gasteiger partial charge is 0.398 e. The second-order valence-corrected chi connectivity index (χ2v) is 9.61. The van der Waals surface area contributed by atoms with Crippen molar-refractivity contribution in [3.63, 3.8) is 0 Å². The number of aromatic nitrogens is 2. The van der Waals surface area contributed by atoms with Crippen molar-refractivity contribution in [2.24, 2.45) is 11.5 Å². The highest BCUT2D eigenvalue weighted by Crippen LogP contribution is 2.36. The van der Waals surface area contributed by atoms with Crippen LogP contribution < -0.4 is 27.4 Å². The number of rotatable bonds is 7. The Balaban J connectivity index is 1.66. The molecule has 3 amide bonds. The second-order valence-electron chi connectivity index (χ2n) is 8.81. The van der Waals surface area contributed by atoms with Gasteiger partial charge in [0, 0.05) is 28.6 Å². The highest BCUT2D eigenvalue weighted by molar-refractivity contribution is 7.71. The molecule has 1 heterocycles. The Kier molecular flexibility index (Phi) is 7.84. The number of benzene rings is 2. The van der Waals surface area contributed by atoms with Crippen molar-refractivity contribution in [1.82, 2.24) is 9.97 Å². The van der Waals surface area contributed by atoms with E-state index >= 15 is 0 Å². The lowest BCUT2D eigenvalue weighted by Gasteiger charge is -2.16. The molecule has 0 spiro atoms. The minimum absolute atomic E-state index is 0.0449. The number of primary amides is 1. The number of nitrogens with one attached hydrogen (secondary N) is 4. The maximum atomic E-state index is 13.2. The summed E-state index contributed by atoms with van der Waals surface area (Å²) in [4.78, 5) is 31.9. The number of carbonyl (C=O) groups excluding carboxylic acids is 2. The maximum absolute atomic E-state index is 13.2. The monoisotopic (exact) mass is 577 g/mol. The molecule has 2 aromatic carbocycles. The van der Waals surface area contributed by atoms with Gasteiger partial charge in [-0.15, -0.1) is 0 Å². The van der Waals surface area contributed by atoms with E-state index < -0.39 is 28.7 Å². The quantitative estimate of drug-likeness (QED) is 0.153. The predicted molar refractivity (Wildman–Crippen MR) is 147 cm³/mol. The molecule has 9 nitrogen and oxygen atoms in total. The minimum Gasteiger partial charge on any atom is -0.398 e. The fourth-order valence-corrected chi connectivity index (χ4v) is 4.14. The van der Waals surface area contributed by atoms with Crippen molar-refractivity contribution in [3.8, 4) is 11.3 Å². The first-order valence-electron chi connectivity index (χ1n) is 11.6. The molecule has 0 bridgehead atoms. The van der Waals surface area contributed by atoms with Crippen molar-refractivity contribution in [2.45, 2.75) is 32.0 Å². The van der Waals surface area contributed by atoms with Crippen LogP contribution in [0.5, 0.6) is 0 Å². The molecule has 0 atom stereocenters. The van der Waals surface area contributed by atoms with E-state index in [2.05, 4.69) is 25.9 Å². The van der Waals surface area contributed by atoms with Crippen molar-refractivity contribution < 1.29 is 22.8 Å². The molecule has 14 heteroatoms. The van der Waals surface area contributed by atoms with Gasteiger partial charge in [-0.1, -0.05) is 36.0 Å². The van der Waals surface area contributed by atoms with E-state index in [-0.39, 0.29) is 33.2 Å². The summed E-state index contributed by atoms with van der Waals surface area (Å²) < 4.78 is 39.6. The lowest BCUT2D eigenvalue weighted by Crippen LogP contribution is -2.20. The van der Waals surface area contributed by atoms with Crippen LogP contribution >= 0.6 is 23.8 Å². The summed E-state index contributed by atoms with van der Waals surface area (Å²) in [6, 6.07) is 9.05. The van der Waals surface area contributed by atoms with Crippen LogP contribution in [-0.4, -0.2) is 27.9 Å². The lowest BCUT2D eigenvalue weighted by molar-refractivity contribution is -0.137. The van der Waals surface area contributed by atoms with E-state index in [1.165, 1.54) is 13.0 Å². The van der Waals surface area contributed by atoms with Crippen LogP contribution in [0.4, 0.5) is 35.3 Å². The molecule has 0 radical (unpaired) electrons. The molecule has 1 fully saturated rings. The van der Waals surface area contributed by atoms with Crippen LogP contribution in [0.15, 0.2) is 48.0 Å². The second kappa shape index (κ2) is 10.9. The number of aromatic amines is 1. The third kappa shape index (κ3) is 6.67. The normalized spacial score (nSPS) is 13.9. The van der Waals surface area contributed by atoms with Crippen LogP contribution in [0, 0.1) is 4.64 Å². The highest BCUT2D eigenvalue weighted by Gasteiger charge is 2.33. The third-order valence-electron chi connectivity index (χ3n) is 5.82. The Bertz CT molecular complexity index is 1550. The van der Waals surface area contributed by atoms with Crippen molar-refractivity contribution in [1.29, 1.82) is 0 Å². The number of nitrogens with two attached hydrogens (primary N) is 2. The molecular weight excluding hydrogens is 555 g/mol. The zero-order valence-corrected chi connectivity index (χ0v) is 21.9. The molecule has 39 heavy (non-hydrogen) atoms. The molecule has 8 N–H and O–H groups in total. The zero-order valence-electron chi connectivity index (χ0n) is 20.4. The van der Waals surface area contributed by atoms with E-state index in [4.69, 9.17) is 35.3 Å². The number of nitrogens with zero attached hydrogens (tertiary/aromatic N) is 1. The maximum Gasteiger partial charge on any atom is 0.417 e. The lowest BCUT2D eigenvalue weighted by atomic mass is 10.0. The fraction of sp³-hybridized carbons (Fsp3) is 0.200. The largest absolute Gasteiger partial charge is 0.417 e. The van der Waals surface area contributed by atoms with Gasteiger partial charge in [0.1, 0.15) is 4.64 Å². The number of carbonyl (C=O) groups is 2. The Morgan fingerprint density at radius 2 is 1.77 bits per heavy atom. The van der Waals surface area contributed by atoms with Gasteiger partial charge in [-0.25, -0.2) is 9.78 Å². The highest BCUT2D eigenvalue weighted by atomic mass is 35.5. The van der Waals surface area contributed by atoms with Crippen molar-refractivity contribution in [3.05, 3.63) is 68.8 Å². The van der Waals surface area contributed by atoms with E-state index in [1.807, 2.05) is 0 Å². The number of anilines is 3. The number of hydrogen-bond donors (Lipinski definition) is 6. The van der Waals surface area contributed by atoms with Gasteiger partial charge in [-0.05, 0) is 50.1 Å². The minimum atomic E-state index is -4.68. The summed E-state index contributed by atoms with van der Waals surface area (Å²) in [6.07, 6.45) is -2.72. The summed E-state index contributed by atoms with van der Waals surface area (Å²) in [5.41, 5.74) is 12.2. The van der Waals surface area contributed by atoms with Gasteiger partial charge in [-0.3, -0.25) is 4.79 Å². The molecule has 3 aromatic rings. The molecule has 204 valence electrons. The zero-order chi connectivity index (χ0) is 28.5. The summed E-state index contributed by atoms with van der Waals surface area (Å²) in [5, 5.41) is 7.69. The van der Waals surface area contributed by atoms with Gasteiger partial charge in [-0.2, -0.15) is 13.2 Å². The van der Waals surface area contributed by atoms with Gasteiger partial charge >= 0.3 is 12.2 Å². The standard InChI is InChI=1S/C25H23ClF3N7O2S/c1-11(21(31)37)19(30)18-20(35-23(36-22(18)39)32-13-5-6-13)12-3-2-4-14(9-12)33-24(38)34-15-7-8-17(26)16(10-15)25(27,28)29/h2-4,7-10,13H,5-6,30H2,1H3,(H2,31,37)(H2,33,34,38)(H2,32,35,36,39)/b19-11-. The van der Waals surface area contributed by atoms with E-state index in [0.717, 1.165) is 25.0 Å². The number of amides is 3. The molecule has 4 rings (SSSR count). The molecule has 0 aliphatic heterocycles. The number of urea groups is 1. The Labute approximate surface area is 230 Å². The third-order valence-corrected chi connectivity index (χ3v) is 6.45. The summed E-state index contributed by atoms with van der Waals surface area (Å²) >= 11 is 11.1. The van der Waals surface area contributed by atoms with Crippen molar-refractivity contribution in [2.75, 3.05) is 16.0 Å². The molecular formula is C25H23ClF3N7O2S. The van der Waals surface area contributed by atoms with Crippen LogP contribution in [0.1, 0.15) is 30.9 Å². The average Bonchev–Trinajstić information content (AvgIpc) is 3.67. The first-order chi connectivity index (χ1) is 18.3. The first-order valence-corrected chi connectivity index (χ1v) is 12.3. The summed E-state index contributed by atoms with van der Waals surface area (Å²) in [5.74, 6) is -0.318. The predicted octanol–water partition coefficient (Wildman–Crippen LogP) is 5.87.